The van der Waals surface area contributed by atoms with Crippen molar-refractivity contribution in [2.45, 2.75) is 26.1 Å². The van der Waals surface area contributed by atoms with Gasteiger partial charge in [-0.2, -0.15) is 0 Å². The smallest absolute Gasteiger partial charge is 0.254 e. The molecule has 0 bridgehead atoms. The molecule has 1 N–H and O–H groups in total. The minimum Gasteiger partial charge on any atom is -0.508 e. The third-order valence-electron chi connectivity index (χ3n) is 3.23. The second-order valence-electron chi connectivity index (χ2n) is 4.93. The zero-order valence-corrected chi connectivity index (χ0v) is 12.7. The van der Waals surface area contributed by atoms with E-state index >= 15 is 0 Å². The van der Waals surface area contributed by atoms with Crippen LogP contribution in [0, 0.1) is 6.92 Å². The van der Waals surface area contributed by atoms with Gasteiger partial charge in [-0.15, -0.1) is 0 Å². The summed E-state index contributed by atoms with van der Waals surface area (Å²) in [5, 5.41) is 10.2. The topological polar surface area (TPSA) is 49.8 Å². The molecule has 0 aliphatic carbocycles. The van der Waals surface area contributed by atoms with Crippen LogP contribution in [0.15, 0.2) is 18.2 Å². The Hall–Kier alpha value is -1.07. The van der Waals surface area contributed by atoms with E-state index in [9.17, 15) is 9.90 Å². The molecule has 1 aliphatic heterocycles. The summed E-state index contributed by atoms with van der Waals surface area (Å²) in [5.74, 6) is 0.203. The van der Waals surface area contributed by atoms with Crippen LogP contribution in [0.3, 0.4) is 0 Å². The molecule has 104 valence electrons. The first kappa shape index (κ1) is 14.3. The Labute approximate surface area is 121 Å². The van der Waals surface area contributed by atoms with Gasteiger partial charge in [0.05, 0.1) is 12.2 Å². The molecule has 2 unspecified atom stereocenters. The van der Waals surface area contributed by atoms with Gasteiger partial charge in [0, 0.05) is 24.0 Å². The second kappa shape index (κ2) is 5.92. The average Bonchev–Trinajstić information content (AvgIpc) is 2.40. The largest absolute Gasteiger partial charge is 0.508 e. The highest BCUT2D eigenvalue weighted by atomic mass is 79.9. The molecule has 1 aliphatic rings. The summed E-state index contributed by atoms with van der Waals surface area (Å²) in [6, 6.07) is 4.95. The van der Waals surface area contributed by atoms with Gasteiger partial charge in [-0.05, 0) is 37.6 Å². The van der Waals surface area contributed by atoms with E-state index < -0.39 is 0 Å². The fourth-order valence-corrected chi connectivity index (χ4v) is 2.62. The molecular formula is C14H18BrNO3. The number of carbonyl (C=O) groups excluding carboxylic acids is 1. The van der Waals surface area contributed by atoms with Gasteiger partial charge in [0.15, 0.2) is 0 Å². The number of morpholine rings is 1. The van der Waals surface area contributed by atoms with Crippen molar-refractivity contribution in [2.75, 3.05) is 18.4 Å². The fourth-order valence-electron chi connectivity index (χ4n) is 2.27. The minimum absolute atomic E-state index is 0.01000. The number of nitrogens with zero attached hydrogens (tertiary/aromatic N) is 1. The Morgan fingerprint density at radius 1 is 1.53 bits per heavy atom. The van der Waals surface area contributed by atoms with Crippen molar-refractivity contribution in [3.8, 4) is 5.75 Å². The van der Waals surface area contributed by atoms with Crippen LogP contribution in [0.5, 0.6) is 5.75 Å². The second-order valence-corrected chi connectivity index (χ2v) is 5.58. The van der Waals surface area contributed by atoms with Gasteiger partial charge in [0.2, 0.25) is 0 Å². The molecule has 1 aromatic rings. The zero-order chi connectivity index (χ0) is 14.0. The minimum atomic E-state index is -0.01000. The van der Waals surface area contributed by atoms with E-state index in [1.54, 1.807) is 25.1 Å². The van der Waals surface area contributed by atoms with Gasteiger partial charge in [0.25, 0.3) is 5.91 Å². The number of hydrogen-bond donors (Lipinski definition) is 1. The molecule has 1 aromatic carbocycles. The SMILES string of the molecule is Cc1cc(C(=O)N2CC(C)OC(CBr)C2)ccc1O. The molecule has 19 heavy (non-hydrogen) atoms. The molecule has 0 aromatic heterocycles. The van der Waals surface area contributed by atoms with Gasteiger partial charge in [-0.1, -0.05) is 15.9 Å². The number of benzene rings is 1. The van der Waals surface area contributed by atoms with Gasteiger partial charge >= 0.3 is 0 Å². The van der Waals surface area contributed by atoms with Crippen molar-refractivity contribution >= 4 is 21.8 Å². The normalized spacial score (nSPS) is 23.4. The van der Waals surface area contributed by atoms with E-state index in [4.69, 9.17) is 4.74 Å². The summed E-state index contributed by atoms with van der Waals surface area (Å²) < 4.78 is 5.71. The zero-order valence-electron chi connectivity index (χ0n) is 11.1. The lowest BCUT2D eigenvalue weighted by atomic mass is 10.1. The van der Waals surface area contributed by atoms with Crippen molar-refractivity contribution in [2.24, 2.45) is 0 Å². The third kappa shape index (κ3) is 3.28. The van der Waals surface area contributed by atoms with Crippen LogP contribution in [0.25, 0.3) is 0 Å². The Morgan fingerprint density at radius 3 is 2.89 bits per heavy atom. The molecule has 2 atom stereocenters. The molecule has 0 radical (unpaired) electrons. The highest BCUT2D eigenvalue weighted by Gasteiger charge is 2.28. The van der Waals surface area contributed by atoms with E-state index in [-0.39, 0.29) is 23.9 Å². The fraction of sp³-hybridized carbons (Fsp3) is 0.500. The van der Waals surface area contributed by atoms with E-state index in [1.807, 2.05) is 11.8 Å². The number of aryl methyl sites for hydroxylation is 1. The number of carbonyl (C=O) groups is 1. The standard InChI is InChI=1S/C14H18BrNO3/c1-9-5-11(3-4-13(9)17)14(18)16-7-10(2)19-12(6-15)8-16/h3-5,10,12,17H,6-8H2,1-2H3. The summed E-state index contributed by atoms with van der Waals surface area (Å²) in [5.41, 5.74) is 1.32. The summed E-state index contributed by atoms with van der Waals surface area (Å²) in [6.45, 7) is 4.95. The molecule has 4 nitrogen and oxygen atoms in total. The summed E-state index contributed by atoms with van der Waals surface area (Å²) in [7, 11) is 0. The first-order chi connectivity index (χ1) is 9.01. The van der Waals surface area contributed by atoms with Gasteiger partial charge in [0.1, 0.15) is 5.75 Å². The van der Waals surface area contributed by atoms with Crippen molar-refractivity contribution in [1.82, 2.24) is 4.90 Å². The summed E-state index contributed by atoms with van der Waals surface area (Å²) in [6.07, 6.45) is 0.0735. The molecule has 1 fully saturated rings. The first-order valence-electron chi connectivity index (χ1n) is 6.31. The number of hydrogen-bond acceptors (Lipinski definition) is 3. The number of ether oxygens (including phenoxy) is 1. The lowest BCUT2D eigenvalue weighted by Gasteiger charge is -2.36. The molecule has 2 rings (SSSR count). The highest BCUT2D eigenvalue weighted by molar-refractivity contribution is 9.09. The van der Waals surface area contributed by atoms with Crippen LogP contribution >= 0.6 is 15.9 Å². The van der Waals surface area contributed by atoms with Crippen LogP contribution in [-0.4, -0.2) is 46.5 Å². The Kier molecular flexibility index (Phi) is 4.47. The molecule has 1 heterocycles. The molecule has 1 amide bonds. The maximum absolute atomic E-state index is 12.4. The maximum Gasteiger partial charge on any atom is 0.254 e. The van der Waals surface area contributed by atoms with Gasteiger partial charge in [-0.25, -0.2) is 0 Å². The van der Waals surface area contributed by atoms with Crippen molar-refractivity contribution in [1.29, 1.82) is 0 Å². The number of phenolic OH excluding ortho intramolecular Hbond substituents is 1. The third-order valence-corrected chi connectivity index (χ3v) is 3.95. The summed E-state index contributed by atoms with van der Waals surface area (Å²) in [4.78, 5) is 14.3. The van der Waals surface area contributed by atoms with Crippen LogP contribution in [0.1, 0.15) is 22.8 Å². The Morgan fingerprint density at radius 2 is 2.26 bits per heavy atom. The van der Waals surface area contributed by atoms with Crippen LogP contribution in [0.2, 0.25) is 0 Å². The summed E-state index contributed by atoms with van der Waals surface area (Å²) >= 11 is 3.40. The number of aromatic hydroxyl groups is 1. The van der Waals surface area contributed by atoms with E-state index in [2.05, 4.69) is 15.9 Å². The Balaban J connectivity index is 2.16. The average molecular weight is 328 g/mol. The monoisotopic (exact) mass is 327 g/mol. The maximum atomic E-state index is 12.4. The predicted molar refractivity (Wildman–Crippen MR) is 76.9 cm³/mol. The number of phenols is 1. The highest BCUT2D eigenvalue weighted by Crippen LogP contribution is 2.20. The Bertz CT molecular complexity index is 478. The van der Waals surface area contributed by atoms with Crippen molar-refractivity contribution in [3.63, 3.8) is 0 Å². The molecular weight excluding hydrogens is 310 g/mol. The van der Waals surface area contributed by atoms with E-state index in [0.29, 0.717) is 24.2 Å². The van der Waals surface area contributed by atoms with Crippen LogP contribution < -0.4 is 0 Å². The molecule has 5 heteroatoms. The molecule has 0 spiro atoms. The number of amides is 1. The molecule has 1 saturated heterocycles. The van der Waals surface area contributed by atoms with Crippen molar-refractivity contribution < 1.29 is 14.6 Å². The first-order valence-corrected chi connectivity index (χ1v) is 7.43. The van der Waals surface area contributed by atoms with Gasteiger partial charge in [-0.3, -0.25) is 4.79 Å². The van der Waals surface area contributed by atoms with Crippen molar-refractivity contribution in [3.05, 3.63) is 29.3 Å². The lowest BCUT2D eigenvalue weighted by molar-refractivity contribution is -0.0559. The lowest BCUT2D eigenvalue weighted by Crippen LogP contribution is -2.49. The predicted octanol–water partition coefficient (Wildman–Crippen LogP) is 2.33. The van der Waals surface area contributed by atoms with E-state index in [1.165, 1.54) is 0 Å². The number of halogens is 1. The van der Waals surface area contributed by atoms with E-state index in [0.717, 1.165) is 5.33 Å². The quantitative estimate of drug-likeness (QED) is 0.848. The number of rotatable bonds is 2. The van der Waals surface area contributed by atoms with Crippen LogP contribution in [-0.2, 0) is 4.74 Å². The van der Waals surface area contributed by atoms with Crippen LogP contribution in [0.4, 0.5) is 0 Å². The van der Waals surface area contributed by atoms with Gasteiger partial charge < -0.3 is 14.7 Å². The number of alkyl halides is 1. The molecule has 0 saturated carbocycles.